The van der Waals surface area contributed by atoms with E-state index < -0.39 is 5.92 Å². The van der Waals surface area contributed by atoms with Crippen LogP contribution in [0.4, 0.5) is 14.6 Å². The van der Waals surface area contributed by atoms with Crippen LogP contribution in [0.25, 0.3) is 0 Å². The van der Waals surface area contributed by atoms with Crippen molar-refractivity contribution in [3.63, 3.8) is 0 Å². The van der Waals surface area contributed by atoms with E-state index in [1.807, 2.05) is 19.0 Å². The molecule has 0 bridgehead atoms. The molecule has 0 saturated heterocycles. The first kappa shape index (κ1) is 13.0. The molecule has 18 heavy (non-hydrogen) atoms. The fourth-order valence-electron chi connectivity index (χ4n) is 1.92. The molecule has 0 N–H and O–H groups in total. The fraction of sp³-hybridized carbons (Fsp3) is 0.667. The van der Waals surface area contributed by atoms with Crippen LogP contribution in [0.5, 0.6) is 6.01 Å². The van der Waals surface area contributed by atoms with Crippen LogP contribution in [0.1, 0.15) is 25.7 Å². The molecule has 1 aromatic heterocycles. The van der Waals surface area contributed by atoms with Crippen LogP contribution >= 0.6 is 0 Å². The zero-order valence-electron chi connectivity index (χ0n) is 10.6. The van der Waals surface area contributed by atoms with Crippen molar-refractivity contribution in [2.24, 2.45) is 0 Å². The fourth-order valence-corrected chi connectivity index (χ4v) is 1.92. The first-order valence-corrected chi connectivity index (χ1v) is 6.01. The van der Waals surface area contributed by atoms with Crippen LogP contribution < -0.4 is 9.64 Å². The predicted molar refractivity (Wildman–Crippen MR) is 64.2 cm³/mol. The first-order chi connectivity index (χ1) is 8.46. The molecule has 0 aromatic carbocycles. The smallest absolute Gasteiger partial charge is 0.318 e. The zero-order chi connectivity index (χ0) is 13.2. The molecule has 1 heterocycles. The Morgan fingerprint density at radius 2 is 2.00 bits per heavy atom. The van der Waals surface area contributed by atoms with Gasteiger partial charge in [0.15, 0.2) is 0 Å². The van der Waals surface area contributed by atoms with E-state index in [2.05, 4.69) is 9.97 Å². The number of nitrogens with zero attached hydrogens (tertiary/aromatic N) is 3. The van der Waals surface area contributed by atoms with Gasteiger partial charge in [-0.15, -0.1) is 0 Å². The van der Waals surface area contributed by atoms with Gasteiger partial charge in [0, 0.05) is 33.1 Å². The third kappa shape index (κ3) is 3.27. The molecule has 0 radical (unpaired) electrons. The van der Waals surface area contributed by atoms with Gasteiger partial charge in [0.25, 0.3) is 0 Å². The molecule has 0 spiro atoms. The summed E-state index contributed by atoms with van der Waals surface area (Å²) in [5.74, 6) is -1.80. The summed E-state index contributed by atoms with van der Waals surface area (Å²) in [5.41, 5.74) is 0. The Kier molecular flexibility index (Phi) is 3.63. The van der Waals surface area contributed by atoms with Crippen molar-refractivity contribution in [2.45, 2.75) is 37.7 Å². The lowest BCUT2D eigenvalue weighted by atomic mass is 9.94. The number of halogens is 2. The molecule has 4 nitrogen and oxygen atoms in total. The van der Waals surface area contributed by atoms with E-state index in [1.165, 1.54) is 0 Å². The molecule has 100 valence electrons. The Bertz CT molecular complexity index is 402. The van der Waals surface area contributed by atoms with Crippen LogP contribution in [0.15, 0.2) is 12.3 Å². The molecule has 1 aliphatic carbocycles. The van der Waals surface area contributed by atoms with Crippen molar-refractivity contribution in [3.8, 4) is 6.01 Å². The largest absolute Gasteiger partial charge is 0.460 e. The van der Waals surface area contributed by atoms with Gasteiger partial charge in [0.1, 0.15) is 11.9 Å². The highest BCUT2D eigenvalue weighted by atomic mass is 19.3. The minimum atomic E-state index is -2.54. The molecule has 0 aliphatic heterocycles. The molecule has 1 fully saturated rings. The van der Waals surface area contributed by atoms with Gasteiger partial charge in [-0.1, -0.05) is 0 Å². The van der Waals surface area contributed by atoms with Crippen molar-refractivity contribution in [3.05, 3.63) is 12.3 Å². The lowest BCUT2D eigenvalue weighted by Gasteiger charge is -2.28. The molecule has 0 unspecified atom stereocenters. The van der Waals surface area contributed by atoms with Gasteiger partial charge in [-0.3, -0.25) is 0 Å². The molecule has 0 amide bonds. The highest BCUT2D eigenvalue weighted by molar-refractivity contribution is 5.35. The van der Waals surface area contributed by atoms with Gasteiger partial charge in [0.05, 0.1) is 0 Å². The minimum absolute atomic E-state index is 0.120. The monoisotopic (exact) mass is 257 g/mol. The second-order valence-corrected chi connectivity index (χ2v) is 4.77. The topological polar surface area (TPSA) is 38.2 Å². The van der Waals surface area contributed by atoms with Crippen molar-refractivity contribution in [1.29, 1.82) is 0 Å². The number of hydrogen-bond donors (Lipinski definition) is 0. The van der Waals surface area contributed by atoms with Crippen LogP contribution in [0, 0.1) is 0 Å². The number of hydrogen-bond acceptors (Lipinski definition) is 4. The minimum Gasteiger partial charge on any atom is -0.460 e. The quantitative estimate of drug-likeness (QED) is 0.834. The standard InChI is InChI=1S/C12H17F2N3O/c1-17(2)10-5-8-15-11(16-10)18-9-3-6-12(13,14)7-4-9/h5,8-9H,3-4,6-7H2,1-2H3. The zero-order valence-corrected chi connectivity index (χ0v) is 10.6. The lowest BCUT2D eigenvalue weighted by molar-refractivity contribution is -0.0594. The van der Waals surface area contributed by atoms with Crippen molar-refractivity contribution >= 4 is 5.82 Å². The average molecular weight is 257 g/mol. The van der Waals surface area contributed by atoms with Gasteiger partial charge in [-0.05, 0) is 18.9 Å². The van der Waals surface area contributed by atoms with Gasteiger partial charge >= 0.3 is 6.01 Å². The third-order valence-electron chi connectivity index (χ3n) is 3.01. The maximum Gasteiger partial charge on any atom is 0.318 e. The summed E-state index contributed by atoms with van der Waals surface area (Å²) in [6.07, 6.45) is 1.86. The summed E-state index contributed by atoms with van der Waals surface area (Å²) >= 11 is 0. The van der Waals surface area contributed by atoms with Crippen LogP contribution in [0.2, 0.25) is 0 Å². The first-order valence-electron chi connectivity index (χ1n) is 6.01. The van der Waals surface area contributed by atoms with Crippen molar-refractivity contribution in [1.82, 2.24) is 9.97 Å². The Morgan fingerprint density at radius 3 is 2.61 bits per heavy atom. The van der Waals surface area contributed by atoms with E-state index in [9.17, 15) is 8.78 Å². The third-order valence-corrected chi connectivity index (χ3v) is 3.01. The molecule has 2 rings (SSSR count). The summed E-state index contributed by atoms with van der Waals surface area (Å²) in [5, 5.41) is 0. The SMILES string of the molecule is CN(C)c1ccnc(OC2CCC(F)(F)CC2)n1. The highest BCUT2D eigenvalue weighted by Gasteiger charge is 2.35. The Labute approximate surface area is 105 Å². The molecule has 1 aromatic rings. The second kappa shape index (κ2) is 5.04. The van der Waals surface area contributed by atoms with Crippen LogP contribution in [-0.2, 0) is 0 Å². The van der Waals surface area contributed by atoms with E-state index in [4.69, 9.17) is 4.74 Å². The maximum atomic E-state index is 13.0. The van der Waals surface area contributed by atoms with E-state index in [0.29, 0.717) is 12.8 Å². The van der Waals surface area contributed by atoms with Gasteiger partial charge < -0.3 is 9.64 Å². The molecular weight excluding hydrogens is 240 g/mol. The summed E-state index contributed by atoms with van der Waals surface area (Å²) in [4.78, 5) is 10.0. The predicted octanol–water partition coefficient (Wildman–Crippen LogP) is 2.50. The summed E-state index contributed by atoms with van der Waals surface area (Å²) in [7, 11) is 3.74. The number of rotatable bonds is 3. The molecule has 6 heteroatoms. The van der Waals surface area contributed by atoms with E-state index >= 15 is 0 Å². The second-order valence-electron chi connectivity index (χ2n) is 4.77. The van der Waals surface area contributed by atoms with E-state index in [-0.39, 0.29) is 25.0 Å². The summed E-state index contributed by atoms with van der Waals surface area (Å²) in [6, 6.07) is 2.03. The number of ether oxygens (including phenoxy) is 1. The van der Waals surface area contributed by atoms with Crippen molar-refractivity contribution < 1.29 is 13.5 Å². The van der Waals surface area contributed by atoms with Crippen LogP contribution in [0.3, 0.4) is 0 Å². The lowest BCUT2D eigenvalue weighted by Crippen LogP contribution is -2.31. The average Bonchev–Trinajstić information content (AvgIpc) is 2.32. The van der Waals surface area contributed by atoms with E-state index in [1.54, 1.807) is 12.3 Å². The Balaban J connectivity index is 1.96. The maximum absolute atomic E-state index is 13.0. The highest BCUT2D eigenvalue weighted by Crippen LogP contribution is 2.34. The van der Waals surface area contributed by atoms with Gasteiger partial charge in [-0.2, -0.15) is 4.98 Å². The van der Waals surface area contributed by atoms with E-state index in [0.717, 1.165) is 5.82 Å². The molecule has 1 aliphatic rings. The molecular formula is C12H17F2N3O. The van der Waals surface area contributed by atoms with Crippen LogP contribution in [-0.4, -0.2) is 36.1 Å². The number of aromatic nitrogens is 2. The Hall–Kier alpha value is -1.46. The summed E-state index contributed by atoms with van der Waals surface area (Å²) < 4.78 is 31.5. The molecule has 1 saturated carbocycles. The molecule has 0 atom stereocenters. The van der Waals surface area contributed by atoms with Gasteiger partial charge in [0.2, 0.25) is 5.92 Å². The number of anilines is 1. The van der Waals surface area contributed by atoms with Gasteiger partial charge in [-0.25, -0.2) is 13.8 Å². The van der Waals surface area contributed by atoms with Crippen molar-refractivity contribution in [2.75, 3.05) is 19.0 Å². The number of alkyl halides is 2. The summed E-state index contributed by atoms with van der Waals surface area (Å²) in [6.45, 7) is 0. The Morgan fingerprint density at radius 1 is 1.33 bits per heavy atom. The normalized spacial score (nSPS) is 19.6.